The molecule has 0 spiro atoms. The Labute approximate surface area is 222 Å². The molecule has 10 heteroatoms. The smallest absolute Gasteiger partial charge is 0.294 e. The zero-order valence-corrected chi connectivity index (χ0v) is 21.3. The maximum atomic E-state index is 12.8. The van der Waals surface area contributed by atoms with Crippen LogP contribution < -0.4 is 14.8 Å². The second-order valence-electron chi connectivity index (χ2n) is 7.65. The first-order valence-electron chi connectivity index (χ1n) is 10.7. The van der Waals surface area contributed by atoms with Crippen LogP contribution in [0.5, 0.6) is 11.5 Å². The van der Waals surface area contributed by atoms with Gasteiger partial charge in [0.05, 0.1) is 17.0 Å². The van der Waals surface area contributed by atoms with E-state index in [1.807, 2.05) is 12.1 Å². The molecule has 0 aliphatic carbocycles. The van der Waals surface area contributed by atoms with Crippen molar-refractivity contribution in [2.24, 2.45) is 0 Å². The molecule has 0 atom stereocenters. The summed E-state index contributed by atoms with van der Waals surface area (Å²) < 4.78 is 10.9. The number of benzene rings is 3. The molecular formula is C26H20Cl2N2O5S. The first kappa shape index (κ1) is 25.6. The van der Waals surface area contributed by atoms with Gasteiger partial charge in [0, 0.05) is 10.7 Å². The van der Waals surface area contributed by atoms with Gasteiger partial charge in [0.15, 0.2) is 0 Å². The van der Waals surface area contributed by atoms with E-state index in [0.29, 0.717) is 39.4 Å². The Kier molecular flexibility index (Phi) is 8.20. The number of nitrogens with zero attached hydrogens (tertiary/aromatic N) is 1. The SMILES string of the molecule is COc1ccc(NC(=O)CN2C(=O)S/C(=C/c3cccc(OCc4ccc(Cl)cc4)c3)C2=O)cc1Cl. The largest absolute Gasteiger partial charge is 0.495 e. The highest BCUT2D eigenvalue weighted by Gasteiger charge is 2.36. The summed E-state index contributed by atoms with van der Waals surface area (Å²) in [5.74, 6) is -0.00145. The zero-order valence-electron chi connectivity index (χ0n) is 19.0. The van der Waals surface area contributed by atoms with E-state index in [1.54, 1.807) is 54.6 Å². The Bertz CT molecular complexity index is 1340. The van der Waals surface area contributed by atoms with Crippen LogP contribution in [0.1, 0.15) is 11.1 Å². The second kappa shape index (κ2) is 11.5. The van der Waals surface area contributed by atoms with Crippen molar-refractivity contribution in [3.63, 3.8) is 0 Å². The van der Waals surface area contributed by atoms with Gasteiger partial charge in [-0.3, -0.25) is 19.3 Å². The Morgan fingerprint density at radius 2 is 1.83 bits per heavy atom. The van der Waals surface area contributed by atoms with Gasteiger partial charge in [0.25, 0.3) is 11.1 Å². The van der Waals surface area contributed by atoms with E-state index in [9.17, 15) is 14.4 Å². The Balaban J connectivity index is 1.39. The number of anilines is 1. The fourth-order valence-corrected chi connectivity index (χ4v) is 4.54. The predicted octanol–water partition coefficient (Wildman–Crippen LogP) is 6.26. The van der Waals surface area contributed by atoms with Crippen LogP contribution in [0, 0.1) is 0 Å². The van der Waals surface area contributed by atoms with E-state index >= 15 is 0 Å². The van der Waals surface area contributed by atoms with E-state index in [0.717, 1.165) is 22.2 Å². The van der Waals surface area contributed by atoms with Gasteiger partial charge >= 0.3 is 0 Å². The van der Waals surface area contributed by atoms with E-state index in [2.05, 4.69) is 5.32 Å². The predicted molar refractivity (Wildman–Crippen MR) is 142 cm³/mol. The molecule has 184 valence electrons. The highest BCUT2D eigenvalue weighted by Crippen LogP contribution is 2.33. The lowest BCUT2D eigenvalue weighted by atomic mass is 10.2. The van der Waals surface area contributed by atoms with E-state index in [1.165, 1.54) is 13.2 Å². The molecule has 1 aliphatic rings. The first-order chi connectivity index (χ1) is 17.3. The number of amides is 3. The Morgan fingerprint density at radius 3 is 2.56 bits per heavy atom. The summed E-state index contributed by atoms with van der Waals surface area (Å²) in [7, 11) is 1.48. The van der Waals surface area contributed by atoms with Crippen molar-refractivity contribution in [3.05, 3.63) is 92.8 Å². The fraction of sp³-hybridized carbons (Fsp3) is 0.115. The van der Waals surface area contributed by atoms with Crippen molar-refractivity contribution in [2.75, 3.05) is 19.0 Å². The molecule has 1 aliphatic heterocycles. The maximum Gasteiger partial charge on any atom is 0.294 e. The molecule has 0 radical (unpaired) electrons. The molecule has 0 unspecified atom stereocenters. The van der Waals surface area contributed by atoms with Crippen LogP contribution in [0.2, 0.25) is 10.0 Å². The number of rotatable bonds is 8. The Hall–Kier alpha value is -3.46. The standard InChI is InChI=1S/C26H20Cl2N2O5S/c1-34-22-10-9-19(13-21(22)28)29-24(31)14-30-25(32)23(36-26(30)33)12-17-3-2-4-20(11-17)35-15-16-5-7-18(27)8-6-16/h2-13H,14-15H2,1H3,(H,29,31)/b23-12+. The minimum atomic E-state index is -0.541. The van der Waals surface area contributed by atoms with Gasteiger partial charge in [0.2, 0.25) is 5.91 Å². The lowest BCUT2D eigenvalue weighted by Gasteiger charge is -2.13. The van der Waals surface area contributed by atoms with Crippen LogP contribution >= 0.6 is 35.0 Å². The molecule has 1 saturated heterocycles. The number of carbonyl (C=O) groups excluding carboxylic acids is 3. The highest BCUT2D eigenvalue weighted by molar-refractivity contribution is 8.18. The summed E-state index contributed by atoms with van der Waals surface area (Å²) in [6.45, 7) is -0.0679. The van der Waals surface area contributed by atoms with Crippen molar-refractivity contribution in [1.29, 1.82) is 0 Å². The molecule has 36 heavy (non-hydrogen) atoms. The quantitative estimate of drug-likeness (QED) is 0.338. The normalized spacial score (nSPS) is 14.3. The minimum absolute atomic E-state index is 0.218. The number of halogens is 2. The van der Waals surface area contributed by atoms with Gasteiger partial charge in [-0.2, -0.15) is 0 Å². The average Bonchev–Trinajstić information content (AvgIpc) is 3.11. The molecule has 0 saturated carbocycles. The van der Waals surface area contributed by atoms with Crippen molar-refractivity contribution in [2.45, 2.75) is 6.61 Å². The van der Waals surface area contributed by atoms with Gasteiger partial charge in [-0.05, 0) is 71.4 Å². The van der Waals surface area contributed by atoms with Gasteiger partial charge in [-0.15, -0.1) is 0 Å². The van der Waals surface area contributed by atoms with Crippen molar-refractivity contribution >= 4 is 63.8 Å². The summed E-state index contributed by atoms with van der Waals surface area (Å²) in [5, 5.41) is 3.08. The van der Waals surface area contributed by atoms with E-state index < -0.39 is 23.6 Å². The van der Waals surface area contributed by atoms with Gasteiger partial charge in [-0.25, -0.2) is 0 Å². The van der Waals surface area contributed by atoms with Gasteiger partial charge in [-0.1, -0.05) is 47.5 Å². The van der Waals surface area contributed by atoms with Crippen LogP contribution in [0.4, 0.5) is 10.5 Å². The third-order valence-electron chi connectivity index (χ3n) is 5.09. The number of imide groups is 1. The summed E-state index contributed by atoms with van der Waals surface area (Å²) in [5.41, 5.74) is 2.07. The van der Waals surface area contributed by atoms with Gasteiger partial charge in [0.1, 0.15) is 24.7 Å². The molecule has 4 rings (SSSR count). The molecule has 3 amide bonds. The lowest BCUT2D eigenvalue weighted by Crippen LogP contribution is -2.36. The number of methoxy groups -OCH3 is 1. The number of carbonyl (C=O) groups is 3. The topological polar surface area (TPSA) is 84.9 Å². The number of hydrogen-bond acceptors (Lipinski definition) is 6. The number of ether oxygens (including phenoxy) is 2. The Morgan fingerprint density at radius 1 is 1.06 bits per heavy atom. The molecular weight excluding hydrogens is 523 g/mol. The van der Waals surface area contributed by atoms with E-state index in [4.69, 9.17) is 32.7 Å². The minimum Gasteiger partial charge on any atom is -0.495 e. The third-order valence-corrected chi connectivity index (χ3v) is 6.54. The van der Waals surface area contributed by atoms with Gasteiger partial charge < -0.3 is 14.8 Å². The van der Waals surface area contributed by atoms with Crippen LogP contribution in [0.3, 0.4) is 0 Å². The monoisotopic (exact) mass is 542 g/mol. The number of nitrogens with one attached hydrogen (secondary N) is 1. The summed E-state index contributed by atoms with van der Waals surface area (Å²) in [6, 6.07) is 19.2. The molecule has 3 aromatic carbocycles. The number of thioether (sulfide) groups is 1. The van der Waals surface area contributed by atoms with Crippen molar-refractivity contribution in [3.8, 4) is 11.5 Å². The molecule has 1 N–H and O–H groups in total. The fourth-order valence-electron chi connectivity index (χ4n) is 3.32. The van der Waals surface area contributed by atoms with Crippen molar-refractivity contribution < 1.29 is 23.9 Å². The third kappa shape index (κ3) is 6.40. The summed E-state index contributed by atoms with van der Waals surface area (Å²) >= 11 is 12.8. The highest BCUT2D eigenvalue weighted by atomic mass is 35.5. The maximum absolute atomic E-state index is 12.8. The molecule has 0 aromatic heterocycles. The average molecular weight is 543 g/mol. The molecule has 0 bridgehead atoms. The first-order valence-corrected chi connectivity index (χ1v) is 12.3. The van der Waals surface area contributed by atoms with E-state index in [-0.39, 0.29) is 4.91 Å². The lowest BCUT2D eigenvalue weighted by molar-refractivity contribution is -0.127. The molecule has 3 aromatic rings. The van der Waals surface area contributed by atoms with Crippen LogP contribution in [-0.2, 0) is 16.2 Å². The molecule has 1 fully saturated rings. The van der Waals surface area contributed by atoms with Crippen molar-refractivity contribution in [1.82, 2.24) is 4.90 Å². The second-order valence-corrected chi connectivity index (χ2v) is 9.49. The van der Waals surface area contributed by atoms with Crippen LogP contribution in [0.15, 0.2) is 71.6 Å². The van der Waals surface area contributed by atoms with Crippen LogP contribution in [0.25, 0.3) is 6.08 Å². The van der Waals surface area contributed by atoms with Crippen LogP contribution in [-0.4, -0.2) is 35.6 Å². The zero-order chi connectivity index (χ0) is 25.7. The molecule has 7 nitrogen and oxygen atoms in total. The summed E-state index contributed by atoms with van der Waals surface area (Å²) in [4.78, 5) is 38.8. The summed E-state index contributed by atoms with van der Waals surface area (Å²) in [6.07, 6.45) is 1.60. The molecule has 1 heterocycles. The number of hydrogen-bond donors (Lipinski definition) is 1.